The number of fused-ring (bicyclic) bond motifs is 1. The van der Waals surface area contributed by atoms with Gasteiger partial charge in [0, 0.05) is 44.3 Å². The van der Waals surface area contributed by atoms with Crippen molar-refractivity contribution in [3.63, 3.8) is 0 Å². The second-order valence-electron chi connectivity index (χ2n) is 8.31. The zero-order valence-corrected chi connectivity index (χ0v) is 18.9. The zero-order valence-electron chi connectivity index (χ0n) is 18.0. The molecule has 1 N–H and O–H groups in total. The molecule has 3 aliphatic rings. The molecule has 2 heterocycles. The third-order valence-electron chi connectivity index (χ3n) is 5.83. The lowest BCUT2D eigenvalue weighted by molar-refractivity contribution is -0.0581. The van der Waals surface area contributed by atoms with Crippen molar-refractivity contribution in [1.29, 1.82) is 0 Å². The highest BCUT2D eigenvalue weighted by atomic mass is 32.2. The first-order valence-electron chi connectivity index (χ1n) is 10.3. The lowest BCUT2D eigenvalue weighted by atomic mass is 9.94. The Kier molecular flexibility index (Phi) is 5.62. The van der Waals surface area contributed by atoms with Gasteiger partial charge in [-0.25, -0.2) is 26.5 Å². The first-order chi connectivity index (χ1) is 15.0. The smallest absolute Gasteiger partial charge is 0.248 e. The summed E-state index contributed by atoms with van der Waals surface area (Å²) in [4.78, 5) is 4.26. The van der Waals surface area contributed by atoms with Crippen LogP contribution < -0.4 is 4.74 Å². The first kappa shape index (κ1) is 22.5. The fourth-order valence-electron chi connectivity index (χ4n) is 3.95. The van der Waals surface area contributed by atoms with Gasteiger partial charge in [0.25, 0.3) is 0 Å². The van der Waals surface area contributed by atoms with Crippen LogP contribution >= 0.6 is 0 Å². The molecule has 0 amide bonds. The van der Waals surface area contributed by atoms with Crippen molar-refractivity contribution in [2.75, 3.05) is 14.1 Å². The van der Waals surface area contributed by atoms with Gasteiger partial charge in [0.1, 0.15) is 5.75 Å². The van der Waals surface area contributed by atoms with Crippen LogP contribution in [0.15, 0.2) is 41.4 Å². The Morgan fingerprint density at radius 3 is 2.47 bits per heavy atom. The van der Waals surface area contributed by atoms with Gasteiger partial charge in [0.05, 0.1) is 16.7 Å². The molecule has 10 heteroatoms. The number of sulfonamides is 1. The Labute approximate surface area is 185 Å². The van der Waals surface area contributed by atoms with Crippen molar-refractivity contribution >= 4 is 10.0 Å². The van der Waals surface area contributed by atoms with Crippen LogP contribution in [0.2, 0.25) is 0 Å². The van der Waals surface area contributed by atoms with E-state index in [4.69, 9.17) is 4.74 Å². The molecule has 0 aromatic heterocycles. The van der Waals surface area contributed by atoms with Gasteiger partial charge in [-0.15, -0.1) is 0 Å². The summed E-state index contributed by atoms with van der Waals surface area (Å²) in [5.74, 6) is -1.95. The molecule has 1 fully saturated rings. The molecule has 1 aromatic rings. The molecule has 1 saturated carbocycles. The van der Waals surface area contributed by atoms with Crippen molar-refractivity contribution in [2.24, 2.45) is 0 Å². The van der Waals surface area contributed by atoms with Gasteiger partial charge in [0.15, 0.2) is 5.82 Å². The van der Waals surface area contributed by atoms with E-state index in [0.717, 1.165) is 9.04 Å². The number of nitrogens with zero attached hydrogens (tertiary/aromatic N) is 3. The number of pyridine rings is 1. The van der Waals surface area contributed by atoms with Crippen LogP contribution in [0.5, 0.6) is 5.75 Å². The fraction of sp³-hybridized carbons (Fsp3) is 0.409. The molecule has 0 bridgehead atoms. The lowest BCUT2D eigenvalue weighted by Gasteiger charge is -2.29. The predicted molar refractivity (Wildman–Crippen MR) is 115 cm³/mol. The second kappa shape index (κ2) is 8.00. The van der Waals surface area contributed by atoms with Crippen molar-refractivity contribution < 1.29 is 27.1 Å². The average Bonchev–Trinajstić information content (AvgIpc) is 3.22. The Morgan fingerprint density at radius 1 is 1.12 bits per heavy atom. The maximum atomic E-state index is 13.6. The third kappa shape index (κ3) is 4.04. The molecule has 32 heavy (non-hydrogen) atoms. The summed E-state index contributed by atoms with van der Waals surface area (Å²) >= 11 is 0. The van der Waals surface area contributed by atoms with E-state index < -0.39 is 22.0 Å². The van der Waals surface area contributed by atoms with Crippen LogP contribution in [-0.2, 0) is 10.0 Å². The molecule has 4 rings (SSSR count). The molecule has 7 nitrogen and oxygen atoms in total. The van der Waals surface area contributed by atoms with E-state index in [1.165, 1.54) is 26.2 Å². The highest BCUT2D eigenvalue weighted by Crippen LogP contribution is 2.42. The fourth-order valence-corrected chi connectivity index (χ4v) is 4.88. The molecule has 0 spiro atoms. The number of aryl methyl sites for hydroxylation is 1. The number of halogens is 2. The van der Waals surface area contributed by atoms with Crippen molar-refractivity contribution in [1.82, 2.24) is 14.0 Å². The van der Waals surface area contributed by atoms with E-state index in [1.54, 1.807) is 31.3 Å². The highest BCUT2D eigenvalue weighted by molar-refractivity contribution is 7.89. The number of rotatable bonds is 5. The van der Waals surface area contributed by atoms with Crippen molar-refractivity contribution in [3.05, 3.63) is 42.2 Å². The van der Waals surface area contributed by atoms with Gasteiger partial charge in [0.2, 0.25) is 15.9 Å². The number of ether oxygens (including phenoxy) is 1. The standard InChI is InChI=1S/C22H25F2N3O4S/c1-14-12-18(17-8-11-25-21(17)27(14)28)19-13-16(32(29,30)26(2)3)4-5-20(19)31-15-6-9-22(23,24)10-7-15/h4-5,8,11-13,15,28H,6-7,9-10H2,1-3H3. The topological polar surface area (TPSA) is 84.7 Å². The van der Waals surface area contributed by atoms with Crippen LogP contribution in [0.4, 0.5) is 8.78 Å². The van der Waals surface area contributed by atoms with E-state index >= 15 is 0 Å². The van der Waals surface area contributed by atoms with Gasteiger partial charge in [-0.3, -0.25) is 0 Å². The molecule has 2 aliphatic heterocycles. The minimum atomic E-state index is -3.72. The maximum Gasteiger partial charge on any atom is 0.248 e. The van der Waals surface area contributed by atoms with Crippen molar-refractivity contribution in [2.45, 2.75) is 49.5 Å². The summed E-state index contributed by atoms with van der Waals surface area (Å²) in [6.45, 7) is 1.70. The van der Waals surface area contributed by atoms with Crippen LogP contribution in [0.25, 0.3) is 22.5 Å². The Bertz CT molecular complexity index is 1210. The number of benzene rings is 1. The normalized spacial score (nSPS) is 17.2. The number of hydrogen-bond donors (Lipinski definition) is 1. The summed E-state index contributed by atoms with van der Waals surface area (Å²) in [5.41, 5.74) is 2.23. The molecule has 1 aliphatic carbocycles. The highest BCUT2D eigenvalue weighted by Gasteiger charge is 2.36. The number of hydrogen-bond acceptors (Lipinski definition) is 5. The molecule has 0 radical (unpaired) electrons. The Balaban J connectivity index is 1.84. The molecular formula is C22H25F2N3O4S. The SMILES string of the molecule is Cc1cc(-c2cc(S(=O)(=O)N(C)C)ccc2OC2CCC(F)(F)CC2)c2ccnc-2n1O. The van der Waals surface area contributed by atoms with Gasteiger partial charge < -0.3 is 9.94 Å². The maximum absolute atomic E-state index is 13.6. The Hall–Kier alpha value is -2.72. The van der Waals surface area contributed by atoms with Crippen LogP contribution in [0.3, 0.4) is 0 Å². The van der Waals surface area contributed by atoms with Gasteiger partial charge in [-0.2, -0.15) is 4.73 Å². The second-order valence-corrected chi connectivity index (χ2v) is 10.5. The molecular weight excluding hydrogens is 440 g/mol. The van der Waals surface area contributed by atoms with E-state index in [9.17, 15) is 22.4 Å². The largest absolute Gasteiger partial charge is 0.490 e. The molecule has 0 atom stereocenters. The van der Waals surface area contributed by atoms with Crippen molar-refractivity contribution in [3.8, 4) is 28.3 Å². The van der Waals surface area contributed by atoms with Crippen LogP contribution in [0, 0.1) is 6.92 Å². The number of alkyl halides is 2. The predicted octanol–water partition coefficient (Wildman–Crippen LogP) is 4.41. The van der Waals surface area contributed by atoms with E-state index in [2.05, 4.69) is 4.98 Å². The lowest BCUT2D eigenvalue weighted by Crippen LogP contribution is -2.30. The summed E-state index contributed by atoms with van der Waals surface area (Å²) in [7, 11) is -0.829. The first-order valence-corrected chi connectivity index (χ1v) is 11.7. The Morgan fingerprint density at radius 2 is 1.81 bits per heavy atom. The molecule has 0 unspecified atom stereocenters. The summed E-state index contributed by atoms with van der Waals surface area (Å²) in [5, 5.41) is 10.3. The van der Waals surface area contributed by atoms with Crippen LogP contribution in [-0.4, -0.2) is 53.8 Å². The monoisotopic (exact) mass is 465 g/mol. The summed E-state index contributed by atoms with van der Waals surface area (Å²) in [6, 6.07) is 7.97. The average molecular weight is 466 g/mol. The molecule has 0 saturated heterocycles. The molecule has 1 aromatic carbocycles. The summed E-state index contributed by atoms with van der Waals surface area (Å²) < 4.78 is 60.9. The van der Waals surface area contributed by atoms with Gasteiger partial charge in [-0.05, 0) is 55.7 Å². The van der Waals surface area contributed by atoms with E-state index in [0.29, 0.717) is 34.0 Å². The van der Waals surface area contributed by atoms with Crippen LogP contribution in [0.1, 0.15) is 31.4 Å². The van der Waals surface area contributed by atoms with Gasteiger partial charge >= 0.3 is 0 Å². The minimum absolute atomic E-state index is 0.0751. The minimum Gasteiger partial charge on any atom is -0.490 e. The quantitative estimate of drug-likeness (QED) is 0.565. The van der Waals surface area contributed by atoms with Gasteiger partial charge in [-0.1, -0.05) is 0 Å². The summed E-state index contributed by atoms with van der Waals surface area (Å²) in [6.07, 6.45) is 1.08. The molecule has 172 valence electrons. The van der Waals surface area contributed by atoms with E-state index in [-0.39, 0.29) is 30.6 Å². The van der Waals surface area contributed by atoms with E-state index in [1.807, 2.05) is 0 Å². The zero-order chi connectivity index (χ0) is 23.3. The number of aromatic nitrogens is 2. The third-order valence-corrected chi connectivity index (χ3v) is 7.65.